The summed E-state index contributed by atoms with van der Waals surface area (Å²) in [5.41, 5.74) is 1.15. The minimum atomic E-state index is -0.906. The smallest absolute Gasteiger partial charge is 0.339 e. The van der Waals surface area contributed by atoms with Gasteiger partial charge in [-0.15, -0.1) is 0 Å². The first-order chi connectivity index (χ1) is 9.52. The van der Waals surface area contributed by atoms with Crippen LogP contribution in [0.15, 0.2) is 12.1 Å². The van der Waals surface area contributed by atoms with Gasteiger partial charge >= 0.3 is 5.97 Å². The van der Waals surface area contributed by atoms with Gasteiger partial charge in [0.1, 0.15) is 11.4 Å². The van der Waals surface area contributed by atoms with Crippen molar-refractivity contribution < 1.29 is 9.90 Å². The number of aryl methyl sites for hydroxylation is 1. The average molecular weight is 277 g/mol. The highest BCUT2D eigenvalue weighted by Crippen LogP contribution is 2.21. The summed E-state index contributed by atoms with van der Waals surface area (Å²) in [5, 5.41) is 9.29. The van der Waals surface area contributed by atoms with Crippen molar-refractivity contribution in [2.45, 2.75) is 33.2 Å². The topological polar surface area (TPSA) is 56.7 Å². The summed E-state index contributed by atoms with van der Waals surface area (Å²) in [7, 11) is 0. The molecule has 1 saturated heterocycles. The van der Waals surface area contributed by atoms with Gasteiger partial charge in [0.15, 0.2) is 0 Å². The number of hydrogen-bond donors (Lipinski definition) is 1. The lowest BCUT2D eigenvalue weighted by molar-refractivity contribution is 0.0697. The third-order valence-corrected chi connectivity index (χ3v) is 4.07. The van der Waals surface area contributed by atoms with Crippen LogP contribution >= 0.6 is 0 Å². The number of aromatic nitrogens is 1. The molecule has 2 rings (SSSR count). The number of carbonyl (C=O) groups is 1. The summed E-state index contributed by atoms with van der Waals surface area (Å²) in [6.45, 7) is 9.92. The average Bonchev–Trinajstić information content (AvgIpc) is 2.46. The first-order valence-corrected chi connectivity index (χ1v) is 7.23. The van der Waals surface area contributed by atoms with Crippen molar-refractivity contribution >= 4 is 11.8 Å². The fraction of sp³-hybridized carbons (Fsp3) is 0.600. The number of aromatic carboxylic acids is 1. The van der Waals surface area contributed by atoms with Crippen LogP contribution in [-0.4, -0.2) is 53.2 Å². The second-order valence-electron chi connectivity index (χ2n) is 5.41. The molecular formula is C15H23N3O2. The molecule has 0 spiro atoms. The number of carboxylic acids is 1. The third kappa shape index (κ3) is 3.10. The predicted octanol–water partition coefficient (Wildman–Crippen LogP) is 2.01. The third-order valence-electron chi connectivity index (χ3n) is 4.07. The Morgan fingerprint density at radius 1 is 1.35 bits per heavy atom. The molecule has 1 N–H and O–H groups in total. The lowest BCUT2D eigenvalue weighted by Gasteiger charge is -2.38. The summed E-state index contributed by atoms with van der Waals surface area (Å²) in [6.07, 6.45) is 1.14. The first kappa shape index (κ1) is 14.8. The van der Waals surface area contributed by atoms with E-state index in [-0.39, 0.29) is 0 Å². The summed E-state index contributed by atoms with van der Waals surface area (Å²) in [5.74, 6) is -0.293. The highest BCUT2D eigenvalue weighted by molar-refractivity contribution is 5.93. The highest BCUT2D eigenvalue weighted by Gasteiger charge is 2.24. The second kappa shape index (κ2) is 6.22. The number of piperazine rings is 1. The number of anilines is 1. The van der Waals surface area contributed by atoms with Crippen LogP contribution in [0.1, 0.15) is 36.3 Å². The number of rotatable bonds is 4. The summed E-state index contributed by atoms with van der Waals surface area (Å²) >= 11 is 0. The van der Waals surface area contributed by atoms with Crippen molar-refractivity contribution in [3.05, 3.63) is 23.4 Å². The Morgan fingerprint density at radius 2 is 2.00 bits per heavy atom. The molecule has 1 fully saturated rings. The molecule has 0 aliphatic carbocycles. The van der Waals surface area contributed by atoms with Gasteiger partial charge in [-0.3, -0.25) is 4.90 Å². The van der Waals surface area contributed by atoms with Gasteiger partial charge in [0.2, 0.25) is 0 Å². The van der Waals surface area contributed by atoms with Gasteiger partial charge in [-0.2, -0.15) is 0 Å². The second-order valence-corrected chi connectivity index (χ2v) is 5.41. The van der Waals surface area contributed by atoms with E-state index in [1.165, 1.54) is 0 Å². The zero-order valence-electron chi connectivity index (χ0n) is 12.5. The van der Waals surface area contributed by atoms with E-state index in [0.29, 0.717) is 17.4 Å². The zero-order chi connectivity index (χ0) is 14.7. The number of pyridine rings is 1. The first-order valence-electron chi connectivity index (χ1n) is 7.23. The highest BCUT2D eigenvalue weighted by atomic mass is 16.4. The van der Waals surface area contributed by atoms with Gasteiger partial charge < -0.3 is 10.0 Å². The molecule has 5 heteroatoms. The Bertz CT molecular complexity index is 482. The van der Waals surface area contributed by atoms with Gasteiger partial charge in [-0.25, -0.2) is 9.78 Å². The van der Waals surface area contributed by atoms with E-state index in [4.69, 9.17) is 0 Å². The molecule has 0 amide bonds. The van der Waals surface area contributed by atoms with E-state index in [9.17, 15) is 9.90 Å². The number of hydrogen-bond acceptors (Lipinski definition) is 4. The molecule has 1 aliphatic heterocycles. The lowest BCUT2D eigenvalue weighted by atomic mass is 10.1. The quantitative estimate of drug-likeness (QED) is 0.912. The van der Waals surface area contributed by atoms with E-state index in [1.54, 1.807) is 12.1 Å². The van der Waals surface area contributed by atoms with Crippen molar-refractivity contribution in [1.29, 1.82) is 0 Å². The van der Waals surface area contributed by atoms with Crippen LogP contribution in [0.4, 0.5) is 5.82 Å². The predicted molar refractivity (Wildman–Crippen MR) is 79.5 cm³/mol. The zero-order valence-corrected chi connectivity index (χ0v) is 12.5. The van der Waals surface area contributed by atoms with Crippen molar-refractivity contribution in [2.75, 3.05) is 31.1 Å². The number of nitrogens with zero attached hydrogens (tertiary/aromatic N) is 3. The Morgan fingerprint density at radius 3 is 2.55 bits per heavy atom. The van der Waals surface area contributed by atoms with Crippen LogP contribution in [0.2, 0.25) is 0 Å². The summed E-state index contributed by atoms with van der Waals surface area (Å²) < 4.78 is 0. The maximum Gasteiger partial charge on any atom is 0.339 e. The molecule has 0 aromatic carbocycles. The van der Waals surface area contributed by atoms with Gasteiger partial charge in [0.25, 0.3) is 0 Å². The molecule has 1 atom stereocenters. The van der Waals surface area contributed by atoms with Gasteiger partial charge in [0.05, 0.1) is 0 Å². The van der Waals surface area contributed by atoms with Crippen LogP contribution in [0.25, 0.3) is 0 Å². The van der Waals surface area contributed by atoms with Crippen LogP contribution < -0.4 is 4.90 Å². The van der Waals surface area contributed by atoms with Crippen molar-refractivity contribution in [3.63, 3.8) is 0 Å². The fourth-order valence-electron chi connectivity index (χ4n) is 2.58. The van der Waals surface area contributed by atoms with Gasteiger partial charge in [0, 0.05) is 37.9 Å². The molecule has 1 unspecified atom stereocenters. The van der Waals surface area contributed by atoms with E-state index in [1.807, 2.05) is 6.92 Å². The standard InChI is InChI=1S/C15H23N3O2/c1-4-12(3)17-7-9-18(10-8-17)14-13(15(19)20)6-5-11(2)16-14/h5-6,12H,4,7-10H2,1-3H3,(H,19,20). The summed E-state index contributed by atoms with van der Waals surface area (Å²) in [6, 6.07) is 3.99. The van der Waals surface area contributed by atoms with Crippen molar-refractivity contribution in [1.82, 2.24) is 9.88 Å². The van der Waals surface area contributed by atoms with Crippen molar-refractivity contribution in [2.24, 2.45) is 0 Å². The maximum absolute atomic E-state index is 11.3. The van der Waals surface area contributed by atoms with E-state index < -0.39 is 5.97 Å². The molecule has 5 nitrogen and oxygen atoms in total. The number of carboxylic acid groups (broad SMARTS) is 1. The lowest BCUT2D eigenvalue weighted by Crippen LogP contribution is -2.50. The molecule has 1 aromatic rings. The van der Waals surface area contributed by atoms with Crippen LogP contribution in [0, 0.1) is 6.92 Å². The monoisotopic (exact) mass is 277 g/mol. The normalized spacial score (nSPS) is 18.1. The van der Waals surface area contributed by atoms with E-state index in [2.05, 4.69) is 28.6 Å². The molecule has 0 radical (unpaired) electrons. The molecule has 1 aliphatic rings. The molecular weight excluding hydrogens is 254 g/mol. The summed E-state index contributed by atoms with van der Waals surface area (Å²) in [4.78, 5) is 20.3. The Hall–Kier alpha value is -1.62. The van der Waals surface area contributed by atoms with E-state index >= 15 is 0 Å². The molecule has 0 saturated carbocycles. The molecule has 20 heavy (non-hydrogen) atoms. The molecule has 0 bridgehead atoms. The van der Waals surface area contributed by atoms with E-state index in [0.717, 1.165) is 38.3 Å². The SMILES string of the molecule is CCC(C)N1CCN(c2nc(C)ccc2C(=O)O)CC1. The van der Waals surface area contributed by atoms with Gasteiger partial charge in [-0.05, 0) is 32.4 Å². The van der Waals surface area contributed by atoms with Crippen LogP contribution in [-0.2, 0) is 0 Å². The Balaban J connectivity index is 2.14. The minimum Gasteiger partial charge on any atom is -0.478 e. The minimum absolute atomic E-state index is 0.299. The molecule has 1 aromatic heterocycles. The van der Waals surface area contributed by atoms with Crippen LogP contribution in [0.5, 0.6) is 0 Å². The Labute approximate surface area is 120 Å². The Kier molecular flexibility index (Phi) is 4.60. The maximum atomic E-state index is 11.3. The van der Waals surface area contributed by atoms with Gasteiger partial charge in [-0.1, -0.05) is 6.92 Å². The molecule has 110 valence electrons. The van der Waals surface area contributed by atoms with Crippen LogP contribution in [0.3, 0.4) is 0 Å². The molecule has 2 heterocycles. The largest absolute Gasteiger partial charge is 0.478 e. The van der Waals surface area contributed by atoms with Crippen molar-refractivity contribution in [3.8, 4) is 0 Å². The fourth-order valence-corrected chi connectivity index (χ4v) is 2.58.